The molecule has 4 bridgehead atoms. The predicted octanol–water partition coefficient (Wildman–Crippen LogP) is 7.80. The summed E-state index contributed by atoms with van der Waals surface area (Å²) in [6, 6.07) is 27.2. The molecule has 4 atom stereocenters. The molecule has 220 valence electrons. The minimum atomic E-state index is -0.901. The Bertz CT molecular complexity index is 1680. The first-order chi connectivity index (χ1) is 21.7. The van der Waals surface area contributed by atoms with Gasteiger partial charge in [0.05, 0.1) is 23.3 Å². The maximum absolute atomic E-state index is 4.85. The van der Waals surface area contributed by atoms with Crippen molar-refractivity contribution in [1.29, 1.82) is 0 Å². The minimum absolute atomic E-state index is 0.205. The largest absolute Gasteiger partial charge is 0.261 e. The van der Waals surface area contributed by atoms with Crippen molar-refractivity contribution in [1.82, 2.24) is 19.9 Å². The number of aromatic nitrogens is 4. The molecule has 0 radical (unpaired) electrons. The van der Waals surface area contributed by atoms with Gasteiger partial charge < -0.3 is 0 Å². The van der Waals surface area contributed by atoms with Crippen LogP contribution in [-0.4, -0.2) is 26.1 Å². The second-order valence-electron chi connectivity index (χ2n) is 13.1. The zero-order valence-electron chi connectivity index (χ0n) is 25.0. The lowest BCUT2D eigenvalue weighted by Gasteiger charge is -2.62. The van der Waals surface area contributed by atoms with E-state index in [0.717, 1.165) is 34.8 Å². The van der Waals surface area contributed by atoms with E-state index in [0.29, 0.717) is 5.92 Å². The van der Waals surface area contributed by atoms with E-state index in [1.165, 1.54) is 66.1 Å². The van der Waals surface area contributed by atoms with Crippen molar-refractivity contribution in [3.05, 3.63) is 121 Å². The average Bonchev–Trinajstić information content (AvgIpc) is 3.08. The molecule has 6 heteroatoms. The summed E-state index contributed by atoms with van der Waals surface area (Å²) in [5.41, 5.74) is 10.5. The lowest BCUT2D eigenvalue weighted by atomic mass is 9.43. The van der Waals surface area contributed by atoms with Crippen LogP contribution in [0.2, 0.25) is 0 Å². The molecule has 4 unspecified atom stereocenters. The molecule has 2 aromatic heterocycles. The Balaban J connectivity index is 1.38. The van der Waals surface area contributed by atoms with E-state index in [9.17, 15) is 0 Å². The first-order valence-electron chi connectivity index (χ1n) is 16.0. The third-order valence-electron chi connectivity index (χ3n) is 10.7. The molecule has 44 heavy (non-hydrogen) atoms. The number of hydrogen-bond acceptors (Lipinski definition) is 4. The van der Waals surface area contributed by atoms with Crippen LogP contribution in [0.4, 0.5) is 0 Å². The molecule has 4 fully saturated rings. The summed E-state index contributed by atoms with van der Waals surface area (Å²) in [6.07, 6.45) is 20.0. The summed E-state index contributed by atoms with van der Waals surface area (Å²) < 4.78 is 0. The van der Waals surface area contributed by atoms with Gasteiger partial charge in [-0.2, -0.15) is 0 Å². The molecule has 4 aliphatic rings. The molecule has 4 nitrogen and oxygen atoms in total. The van der Waals surface area contributed by atoms with E-state index in [1.807, 2.05) is 24.8 Å². The van der Waals surface area contributed by atoms with Crippen LogP contribution in [0, 0.1) is 23.7 Å². The standard InChI is InChI=1S/C38H38N4P2/c43-24-35-30-16-26-15-27(17-30)21-38(35,20-26)34-19-33(29-9-5-2-6-10-29)32(28-7-3-1-4-8-28)18-31(34)25-44(36-22-39-11-13-41-36)37-23-40-12-14-42-37/h1-14,18-19,22-23,26-27,30,35H,15-17,20-21,24-25,43H2. The van der Waals surface area contributed by atoms with E-state index in [-0.39, 0.29) is 5.41 Å². The normalized spacial score (nSPS) is 25.4. The molecule has 0 aliphatic heterocycles. The Morgan fingerprint density at radius 2 is 1.27 bits per heavy atom. The third-order valence-corrected chi connectivity index (χ3v) is 13.4. The summed E-state index contributed by atoms with van der Waals surface area (Å²) in [6.45, 7) is 0. The fourth-order valence-electron chi connectivity index (χ4n) is 9.25. The van der Waals surface area contributed by atoms with Gasteiger partial charge >= 0.3 is 0 Å². The number of nitrogens with zero attached hydrogens (tertiary/aromatic N) is 4. The van der Waals surface area contributed by atoms with Gasteiger partial charge in [-0.3, -0.25) is 19.9 Å². The summed E-state index contributed by atoms with van der Waals surface area (Å²) in [7, 11) is 2.27. The van der Waals surface area contributed by atoms with E-state index in [1.54, 1.807) is 18.0 Å². The van der Waals surface area contributed by atoms with Crippen LogP contribution in [-0.2, 0) is 11.6 Å². The highest BCUT2D eigenvalue weighted by Crippen LogP contribution is 2.65. The van der Waals surface area contributed by atoms with Gasteiger partial charge in [0.15, 0.2) is 0 Å². The molecule has 3 aromatic carbocycles. The van der Waals surface area contributed by atoms with Gasteiger partial charge in [-0.05, 0) is 113 Å². The molecule has 5 aromatic rings. The Kier molecular flexibility index (Phi) is 7.61. The predicted molar refractivity (Wildman–Crippen MR) is 185 cm³/mol. The van der Waals surface area contributed by atoms with E-state index in [2.05, 4.69) is 92.0 Å². The summed E-state index contributed by atoms with van der Waals surface area (Å²) in [5, 5.41) is 0. The van der Waals surface area contributed by atoms with Gasteiger partial charge in [0, 0.05) is 38.9 Å². The Morgan fingerprint density at radius 1 is 0.705 bits per heavy atom. The van der Waals surface area contributed by atoms with Crippen LogP contribution in [0.5, 0.6) is 0 Å². The van der Waals surface area contributed by atoms with Crippen LogP contribution < -0.4 is 10.9 Å². The van der Waals surface area contributed by atoms with Crippen molar-refractivity contribution in [2.75, 3.05) is 6.16 Å². The van der Waals surface area contributed by atoms with Crippen molar-refractivity contribution in [2.45, 2.75) is 43.7 Å². The maximum atomic E-state index is 4.85. The second-order valence-corrected chi connectivity index (χ2v) is 15.7. The molecule has 0 spiro atoms. The Labute approximate surface area is 264 Å². The van der Waals surface area contributed by atoms with Crippen LogP contribution in [0.25, 0.3) is 22.3 Å². The van der Waals surface area contributed by atoms with Crippen LogP contribution in [0.1, 0.15) is 43.2 Å². The second kappa shape index (κ2) is 11.9. The van der Waals surface area contributed by atoms with Gasteiger partial charge in [0.25, 0.3) is 0 Å². The zero-order chi connectivity index (χ0) is 29.5. The van der Waals surface area contributed by atoms with Gasteiger partial charge in [0.1, 0.15) is 0 Å². The van der Waals surface area contributed by atoms with Crippen LogP contribution >= 0.6 is 17.2 Å². The molecule has 4 aliphatic carbocycles. The van der Waals surface area contributed by atoms with Gasteiger partial charge in [-0.15, -0.1) is 9.24 Å². The molecule has 9 rings (SSSR count). The monoisotopic (exact) mass is 612 g/mol. The van der Waals surface area contributed by atoms with Crippen LogP contribution in [0.3, 0.4) is 0 Å². The number of benzene rings is 3. The van der Waals surface area contributed by atoms with Crippen molar-refractivity contribution in [2.24, 2.45) is 23.7 Å². The molecule has 2 heterocycles. The molecule has 0 saturated heterocycles. The Hall–Kier alpha value is -3.32. The zero-order valence-corrected chi connectivity index (χ0v) is 27.0. The highest BCUT2D eigenvalue weighted by atomic mass is 31.1. The first-order valence-corrected chi connectivity index (χ1v) is 18.3. The fraction of sp³-hybridized carbons (Fsp3) is 0.316. The number of hydrogen-bond donors (Lipinski definition) is 0. The smallest absolute Gasteiger partial charge is 0.0877 e. The van der Waals surface area contributed by atoms with Crippen molar-refractivity contribution in [3.8, 4) is 22.3 Å². The molecular formula is C38H38N4P2. The lowest BCUT2D eigenvalue weighted by molar-refractivity contribution is -0.0520. The van der Waals surface area contributed by atoms with Crippen molar-refractivity contribution >= 4 is 28.0 Å². The molecular weight excluding hydrogens is 574 g/mol. The third kappa shape index (κ3) is 5.01. The van der Waals surface area contributed by atoms with Gasteiger partial charge in [0.2, 0.25) is 0 Å². The molecule has 0 amide bonds. The first kappa shape index (κ1) is 28.2. The van der Waals surface area contributed by atoms with Gasteiger partial charge in [-0.25, -0.2) is 0 Å². The summed E-state index contributed by atoms with van der Waals surface area (Å²) in [4.78, 5) is 18.7. The number of rotatable bonds is 8. The summed E-state index contributed by atoms with van der Waals surface area (Å²) >= 11 is 0. The van der Waals surface area contributed by atoms with Gasteiger partial charge in [-0.1, -0.05) is 60.7 Å². The fourth-order valence-corrected chi connectivity index (χ4v) is 12.1. The summed E-state index contributed by atoms with van der Waals surface area (Å²) in [5.74, 6) is 3.24. The topological polar surface area (TPSA) is 51.6 Å². The Morgan fingerprint density at radius 3 is 1.80 bits per heavy atom. The quantitative estimate of drug-likeness (QED) is 0.168. The van der Waals surface area contributed by atoms with Crippen LogP contribution in [0.15, 0.2) is 110 Å². The van der Waals surface area contributed by atoms with Crippen molar-refractivity contribution in [3.63, 3.8) is 0 Å². The lowest BCUT2D eigenvalue weighted by Crippen LogP contribution is -2.56. The maximum Gasteiger partial charge on any atom is 0.0877 e. The van der Waals surface area contributed by atoms with E-state index >= 15 is 0 Å². The SMILES string of the molecule is PCC1C2CC3CC(C2)CC1(c1cc(-c2ccccc2)c(-c2ccccc2)cc1CP(c1cnccn1)c1cnccn1)C3. The van der Waals surface area contributed by atoms with Crippen molar-refractivity contribution < 1.29 is 0 Å². The highest BCUT2D eigenvalue weighted by molar-refractivity contribution is 7.71. The molecule has 0 N–H and O–H groups in total. The highest BCUT2D eigenvalue weighted by Gasteiger charge is 2.57. The van der Waals surface area contributed by atoms with E-state index in [4.69, 9.17) is 9.97 Å². The van der Waals surface area contributed by atoms with E-state index < -0.39 is 7.92 Å². The minimum Gasteiger partial charge on any atom is -0.261 e. The molecule has 4 saturated carbocycles. The average molecular weight is 613 g/mol.